The van der Waals surface area contributed by atoms with Gasteiger partial charge in [0.25, 0.3) is 0 Å². The maximum absolute atomic E-state index is 11.3. The molecule has 0 atom stereocenters. The number of hydrazine groups is 4. The molecule has 1 aromatic heterocycles. The van der Waals surface area contributed by atoms with Crippen molar-refractivity contribution in [3.63, 3.8) is 0 Å². The quantitative estimate of drug-likeness (QED) is 0.199. The van der Waals surface area contributed by atoms with Gasteiger partial charge < -0.3 is 0 Å². The zero-order chi connectivity index (χ0) is 24.1. The normalized spacial score (nSPS) is 8.97. The summed E-state index contributed by atoms with van der Waals surface area (Å²) < 4.78 is 0. The van der Waals surface area contributed by atoms with Crippen LogP contribution in [-0.2, 0) is 0 Å². The maximum atomic E-state index is 11.3. The predicted octanol–water partition coefficient (Wildman–Crippen LogP) is 1.22. The van der Waals surface area contributed by atoms with Crippen molar-refractivity contribution < 1.29 is 19.2 Å². The lowest BCUT2D eigenvalue weighted by atomic mass is 10.2. The number of nitrogens with zero attached hydrogens (tertiary/aromatic N) is 6. The van der Waals surface area contributed by atoms with Crippen molar-refractivity contribution in [2.45, 2.75) is 0 Å². The van der Waals surface area contributed by atoms with Gasteiger partial charge in [-0.05, 0) is 0 Å². The zero-order valence-electron chi connectivity index (χ0n) is 15.3. The fourth-order valence-corrected chi connectivity index (χ4v) is 1.69. The third kappa shape index (κ3) is 6.62. The number of rotatable bonds is 8. The second-order valence-corrected chi connectivity index (χ2v) is 4.71. The number of pyridine rings is 1. The molecule has 32 heavy (non-hydrogen) atoms. The van der Waals surface area contributed by atoms with E-state index in [0.29, 0.717) is 0 Å². The first-order valence-electron chi connectivity index (χ1n) is 7.53. The minimum absolute atomic E-state index is 0.378. The molecule has 0 saturated carbocycles. The van der Waals surface area contributed by atoms with Crippen molar-refractivity contribution in [2.75, 3.05) is 21.7 Å². The zero-order valence-corrected chi connectivity index (χ0v) is 15.3. The highest BCUT2D eigenvalue weighted by atomic mass is 16.2. The van der Waals surface area contributed by atoms with Crippen LogP contribution in [0.1, 0.15) is 5.56 Å². The molecule has 0 aliphatic rings. The summed E-state index contributed by atoms with van der Waals surface area (Å²) in [6.45, 7) is 0. The predicted molar refractivity (Wildman–Crippen MR) is 98.2 cm³/mol. The van der Waals surface area contributed by atoms with Crippen LogP contribution in [0.15, 0.2) is 20.5 Å². The van der Waals surface area contributed by atoms with Crippen LogP contribution in [0.25, 0.3) is 0 Å². The van der Waals surface area contributed by atoms with E-state index in [1.165, 1.54) is 0 Å². The topological polar surface area (TPSA) is 346 Å². The van der Waals surface area contributed by atoms with Crippen LogP contribution >= 0.6 is 0 Å². The first-order chi connectivity index (χ1) is 15.3. The van der Waals surface area contributed by atoms with Gasteiger partial charge in [0.1, 0.15) is 23.0 Å². The summed E-state index contributed by atoms with van der Waals surface area (Å²) in [5.41, 5.74) is 41.7. The second kappa shape index (κ2) is 11.8. The Balaban J connectivity index is 3.58. The van der Waals surface area contributed by atoms with E-state index in [0.717, 1.165) is 0 Å². The van der Waals surface area contributed by atoms with E-state index >= 15 is 0 Å². The summed E-state index contributed by atoms with van der Waals surface area (Å²) in [4.78, 5) is 48.9. The number of anilines is 4. The van der Waals surface area contributed by atoms with Crippen molar-refractivity contribution >= 4 is 47.1 Å². The van der Waals surface area contributed by atoms with Gasteiger partial charge in [0.15, 0.2) is 11.6 Å². The highest BCUT2D eigenvalue weighted by Crippen LogP contribution is 2.34. The molecular formula is C10H12N18O4. The van der Waals surface area contributed by atoms with E-state index in [-0.39, 0.29) is 11.4 Å². The van der Waals surface area contributed by atoms with Gasteiger partial charge in [0, 0.05) is 0 Å². The molecule has 0 bridgehead atoms. The number of nitrogens with one attached hydrogen (secondary N) is 12. The Hall–Kier alpha value is -5.88. The van der Waals surface area contributed by atoms with Crippen LogP contribution < -0.4 is 43.4 Å². The van der Waals surface area contributed by atoms with Crippen LogP contribution in [0.4, 0.5) is 42.2 Å². The molecule has 1 rings (SSSR count). The number of nitriles is 1. The Kier molecular flexibility index (Phi) is 8.95. The third-order valence-electron chi connectivity index (χ3n) is 2.88. The fraction of sp³-hybridized carbons (Fsp3) is 0. The summed E-state index contributed by atoms with van der Waals surface area (Å²) in [7, 11) is 0. The smallest absolute Gasteiger partial charge is 0.292 e. The van der Waals surface area contributed by atoms with E-state index in [9.17, 15) is 24.4 Å². The van der Waals surface area contributed by atoms with Gasteiger partial charge in [-0.2, -0.15) is 27.4 Å². The molecule has 1 aromatic rings. The van der Waals surface area contributed by atoms with E-state index in [1.54, 1.807) is 6.07 Å². The Morgan fingerprint density at radius 2 is 0.969 bits per heavy atom. The second-order valence-electron chi connectivity index (χ2n) is 4.71. The van der Waals surface area contributed by atoms with Crippen LogP contribution in [0.2, 0.25) is 0 Å². The molecule has 0 unspecified atom stereocenters. The Morgan fingerprint density at radius 3 is 1.25 bits per heavy atom. The van der Waals surface area contributed by atoms with Gasteiger partial charge >= 0.3 is 24.1 Å². The number of hydrogen-bond donors (Lipinski definition) is 12. The average Bonchev–Trinajstić information content (AvgIpc) is 2.82. The monoisotopic (exact) mass is 448 g/mol. The van der Waals surface area contributed by atoms with Crippen molar-refractivity contribution in [2.24, 2.45) is 20.5 Å². The summed E-state index contributed by atoms with van der Waals surface area (Å²) in [5, 5.41) is 19.8. The van der Waals surface area contributed by atoms with Crippen LogP contribution in [0, 0.1) is 33.5 Å². The lowest BCUT2D eigenvalue weighted by molar-refractivity contribution is 0.248. The summed E-state index contributed by atoms with van der Waals surface area (Å²) in [5.74, 6) is -0.851. The molecule has 0 aliphatic carbocycles. The van der Waals surface area contributed by atoms with E-state index < -0.39 is 41.3 Å². The molecule has 12 N–H and O–H groups in total. The highest BCUT2D eigenvalue weighted by molar-refractivity contribution is 5.90. The maximum Gasteiger partial charge on any atom is 0.377 e. The van der Waals surface area contributed by atoms with Crippen LogP contribution in [0.3, 0.4) is 0 Å². The minimum atomic E-state index is -1.20. The number of urea groups is 4. The van der Waals surface area contributed by atoms with Crippen molar-refractivity contribution in [3.05, 3.63) is 5.56 Å². The molecule has 0 aromatic carbocycles. The van der Waals surface area contributed by atoms with E-state index in [2.05, 4.69) is 47.1 Å². The van der Waals surface area contributed by atoms with E-state index in [4.69, 9.17) is 22.1 Å². The van der Waals surface area contributed by atoms with Crippen molar-refractivity contribution in [1.82, 2.24) is 26.7 Å². The van der Waals surface area contributed by atoms with Crippen LogP contribution in [0.5, 0.6) is 0 Å². The minimum Gasteiger partial charge on any atom is -0.292 e. The molecule has 0 aliphatic heterocycles. The standard InChI is InChI=1S/C10H12N18O4/c11-1-2-3(21-25-7(29)17-12)5(23-27-9(31)19-14)16-6(24-28-10(32)20-15)4(2)22-26-8(30)18-13/h12-15,21-22H,(H,25,29)(H,26,30)(H,27,31)(H,28,32)(H2,16,23,24). The number of carbonyl (C=O) groups excluding carboxylic acids is 4. The van der Waals surface area contributed by atoms with Gasteiger partial charge in [0.2, 0.25) is 0 Å². The molecule has 0 fully saturated rings. The number of aromatic nitrogens is 1. The Morgan fingerprint density at radius 1 is 0.656 bits per heavy atom. The number of amides is 8. The average molecular weight is 448 g/mol. The molecule has 1 heterocycles. The lowest BCUT2D eigenvalue weighted by Crippen LogP contribution is -2.34. The first kappa shape index (κ1) is 24.2. The number of hydrogen-bond acceptors (Lipinski definition) is 14. The van der Waals surface area contributed by atoms with Crippen LogP contribution in [-0.4, -0.2) is 29.1 Å². The largest absolute Gasteiger partial charge is 0.377 e. The Bertz CT molecular complexity index is 942. The first-order valence-corrected chi connectivity index (χ1v) is 7.53. The SMILES string of the molecule is N#Cc1c(NNC(=O)N=N)c(NNC(=O)N=N)nc(NNC(=O)N=N)c1NNC(=O)N=N. The molecule has 0 radical (unpaired) electrons. The lowest BCUT2D eigenvalue weighted by Gasteiger charge is -2.20. The molecular weight excluding hydrogens is 436 g/mol. The molecule has 22 nitrogen and oxygen atoms in total. The number of carbonyl (C=O) groups is 4. The van der Waals surface area contributed by atoms with Crippen molar-refractivity contribution in [1.29, 1.82) is 27.4 Å². The third-order valence-corrected chi connectivity index (χ3v) is 2.88. The fourth-order valence-electron chi connectivity index (χ4n) is 1.69. The van der Waals surface area contributed by atoms with Gasteiger partial charge in [0.05, 0.1) is 0 Å². The molecule has 0 saturated heterocycles. The Labute approximate surface area is 175 Å². The molecule has 0 spiro atoms. The van der Waals surface area contributed by atoms with E-state index in [1.807, 2.05) is 21.7 Å². The van der Waals surface area contributed by atoms with Gasteiger partial charge in [-0.15, -0.1) is 0 Å². The molecule has 8 amide bonds. The summed E-state index contributed by atoms with van der Waals surface area (Å²) >= 11 is 0. The summed E-state index contributed by atoms with van der Waals surface area (Å²) in [6, 6.07) is -3.10. The van der Waals surface area contributed by atoms with Gasteiger partial charge in [-0.1, -0.05) is 20.5 Å². The molecule has 22 heteroatoms. The molecule has 166 valence electrons. The van der Waals surface area contributed by atoms with Crippen molar-refractivity contribution in [3.8, 4) is 6.07 Å². The van der Waals surface area contributed by atoms with Gasteiger partial charge in [-0.25, -0.2) is 45.9 Å². The van der Waals surface area contributed by atoms with Gasteiger partial charge in [-0.3, -0.25) is 21.7 Å². The summed E-state index contributed by atoms with van der Waals surface area (Å²) in [6.07, 6.45) is 0. The highest BCUT2D eigenvalue weighted by Gasteiger charge is 2.22.